The summed E-state index contributed by atoms with van der Waals surface area (Å²) in [6, 6.07) is 74.4. The highest BCUT2D eigenvalue weighted by Gasteiger charge is 2.50. The molecule has 1 aliphatic heterocycles. The largest absolute Gasteiger partial charge is 0.228 e. The van der Waals surface area contributed by atoms with E-state index in [1.54, 1.807) is 0 Å². The summed E-state index contributed by atoms with van der Waals surface area (Å²) >= 11 is 1.88. The molecule has 3 heteroatoms. The van der Waals surface area contributed by atoms with Crippen LogP contribution in [0, 0.1) is 0 Å². The Balaban J connectivity index is 0.998. The van der Waals surface area contributed by atoms with E-state index in [9.17, 15) is 0 Å². The zero-order valence-electron chi connectivity index (χ0n) is 30.4. The van der Waals surface area contributed by atoms with E-state index in [1.165, 1.54) is 59.9 Å². The Labute approximate surface area is 331 Å². The van der Waals surface area contributed by atoms with Gasteiger partial charge in [-0.2, -0.15) is 0 Å². The predicted molar refractivity (Wildman–Crippen MR) is 231 cm³/mol. The number of fused-ring (bicyclic) bond motifs is 9. The molecule has 9 aromatic rings. The van der Waals surface area contributed by atoms with Gasteiger partial charge in [-0.1, -0.05) is 194 Å². The fraction of sp³-hybridized carbons (Fsp3) is 0.0189. The van der Waals surface area contributed by atoms with E-state index in [4.69, 9.17) is 9.97 Å². The third-order valence-electron chi connectivity index (χ3n) is 11.4. The maximum Gasteiger partial charge on any atom is 0.160 e. The summed E-state index contributed by atoms with van der Waals surface area (Å²) < 4.78 is 0. The van der Waals surface area contributed by atoms with E-state index in [2.05, 4.69) is 188 Å². The van der Waals surface area contributed by atoms with Crippen molar-refractivity contribution in [2.75, 3.05) is 0 Å². The highest BCUT2D eigenvalue weighted by molar-refractivity contribution is 7.99. The average molecular weight is 731 g/mol. The van der Waals surface area contributed by atoms with Crippen LogP contribution in [0.1, 0.15) is 22.3 Å². The van der Waals surface area contributed by atoms with E-state index in [-0.39, 0.29) is 5.41 Å². The van der Waals surface area contributed by atoms with Gasteiger partial charge in [0.1, 0.15) is 0 Å². The summed E-state index contributed by atoms with van der Waals surface area (Å²) in [5.41, 5.74) is 17.3. The summed E-state index contributed by atoms with van der Waals surface area (Å²) in [4.78, 5) is 12.8. The van der Waals surface area contributed by atoms with Gasteiger partial charge in [0.15, 0.2) is 5.82 Å². The van der Waals surface area contributed by atoms with Crippen LogP contribution in [0.15, 0.2) is 216 Å². The highest BCUT2D eigenvalue weighted by Crippen LogP contribution is 2.62. The molecular weight excluding hydrogens is 697 g/mol. The molecule has 0 amide bonds. The summed E-state index contributed by atoms with van der Waals surface area (Å²) in [7, 11) is 0. The van der Waals surface area contributed by atoms with Crippen LogP contribution in [-0.4, -0.2) is 9.97 Å². The first-order valence-corrected chi connectivity index (χ1v) is 19.9. The van der Waals surface area contributed by atoms with Gasteiger partial charge in [0.25, 0.3) is 0 Å². The topological polar surface area (TPSA) is 25.8 Å². The fourth-order valence-electron chi connectivity index (χ4n) is 8.82. The van der Waals surface area contributed by atoms with Crippen LogP contribution in [0.3, 0.4) is 0 Å². The third-order valence-corrected chi connectivity index (χ3v) is 12.5. The molecule has 2 heterocycles. The lowest BCUT2D eigenvalue weighted by Gasteiger charge is -2.39. The van der Waals surface area contributed by atoms with E-state index in [0.29, 0.717) is 5.82 Å². The molecule has 2 aliphatic rings. The van der Waals surface area contributed by atoms with Gasteiger partial charge in [0.05, 0.1) is 16.8 Å². The normalized spacial score (nSPS) is 13.1. The first-order chi connectivity index (χ1) is 27.7. The number of hydrogen-bond donors (Lipinski definition) is 0. The van der Waals surface area contributed by atoms with Crippen LogP contribution >= 0.6 is 11.8 Å². The number of benzene rings is 8. The lowest BCUT2D eigenvalue weighted by atomic mass is 9.67. The molecule has 0 atom stereocenters. The van der Waals surface area contributed by atoms with E-state index < -0.39 is 0 Å². The fourth-order valence-corrected chi connectivity index (χ4v) is 10.1. The monoisotopic (exact) mass is 730 g/mol. The zero-order valence-corrected chi connectivity index (χ0v) is 31.2. The molecule has 1 spiro atoms. The van der Waals surface area contributed by atoms with E-state index in [0.717, 1.165) is 33.6 Å². The molecule has 1 aromatic heterocycles. The van der Waals surface area contributed by atoms with Crippen molar-refractivity contribution in [3.63, 3.8) is 0 Å². The minimum atomic E-state index is -0.367. The molecule has 0 saturated carbocycles. The van der Waals surface area contributed by atoms with Crippen LogP contribution in [0.5, 0.6) is 0 Å². The van der Waals surface area contributed by atoms with Crippen molar-refractivity contribution < 1.29 is 0 Å². The van der Waals surface area contributed by atoms with Gasteiger partial charge in [-0.3, -0.25) is 0 Å². The first-order valence-electron chi connectivity index (χ1n) is 19.1. The third kappa shape index (κ3) is 5.20. The summed E-state index contributed by atoms with van der Waals surface area (Å²) in [6.07, 6.45) is 0. The Morgan fingerprint density at radius 3 is 1.50 bits per heavy atom. The van der Waals surface area contributed by atoms with E-state index >= 15 is 0 Å². The number of rotatable bonds is 5. The summed E-state index contributed by atoms with van der Waals surface area (Å²) in [5, 5.41) is 0. The van der Waals surface area contributed by atoms with Gasteiger partial charge in [0.2, 0.25) is 0 Å². The van der Waals surface area contributed by atoms with Crippen molar-refractivity contribution in [3.05, 3.63) is 229 Å². The molecular formula is C53H34N2S. The maximum atomic E-state index is 5.12. The molecule has 0 fully saturated rings. The van der Waals surface area contributed by atoms with Gasteiger partial charge in [-0.05, 0) is 79.9 Å². The first kappa shape index (κ1) is 32.6. The molecule has 56 heavy (non-hydrogen) atoms. The molecule has 0 unspecified atom stereocenters. The summed E-state index contributed by atoms with van der Waals surface area (Å²) in [5.74, 6) is 0.711. The maximum absolute atomic E-state index is 5.12. The Morgan fingerprint density at radius 1 is 0.304 bits per heavy atom. The Kier molecular flexibility index (Phi) is 7.68. The average Bonchev–Trinajstić information content (AvgIpc) is 3.57. The molecule has 1 aliphatic carbocycles. The molecule has 2 nitrogen and oxygen atoms in total. The van der Waals surface area contributed by atoms with Gasteiger partial charge in [0, 0.05) is 26.5 Å². The van der Waals surface area contributed by atoms with Crippen molar-refractivity contribution in [2.24, 2.45) is 0 Å². The van der Waals surface area contributed by atoms with E-state index in [1.807, 2.05) is 30.0 Å². The van der Waals surface area contributed by atoms with Crippen LogP contribution in [0.2, 0.25) is 0 Å². The number of hydrogen-bond acceptors (Lipinski definition) is 3. The molecule has 11 rings (SSSR count). The van der Waals surface area contributed by atoms with Crippen LogP contribution < -0.4 is 0 Å². The van der Waals surface area contributed by atoms with Gasteiger partial charge in [-0.15, -0.1) is 0 Å². The minimum absolute atomic E-state index is 0.367. The molecule has 0 bridgehead atoms. The van der Waals surface area contributed by atoms with Crippen molar-refractivity contribution in [3.8, 4) is 67.3 Å². The standard InChI is InChI=1S/C53H34N2S/c1-3-14-35(15-4-1)39-18-13-19-41(32-39)49-34-48(54-52(55-49)38-16-5-2-6-17-38)37-28-26-36(27-29-37)40-30-31-47-51(33-40)56-50-25-12-11-24-46(50)53(47)44-22-9-7-20-42(44)43-21-8-10-23-45(43)53/h1-34H. The molecule has 8 aromatic carbocycles. The Morgan fingerprint density at radius 2 is 0.786 bits per heavy atom. The predicted octanol–water partition coefficient (Wildman–Crippen LogP) is 13.6. The zero-order chi connectivity index (χ0) is 37.1. The van der Waals surface area contributed by atoms with Crippen molar-refractivity contribution in [1.29, 1.82) is 0 Å². The minimum Gasteiger partial charge on any atom is -0.228 e. The molecule has 0 radical (unpaired) electrons. The number of aromatic nitrogens is 2. The summed E-state index contributed by atoms with van der Waals surface area (Å²) in [6.45, 7) is 0. The van der Waals surface area contributed by atoms with Crippen molar-refractivity contribution in [1.82, 2.24) is 9.97 Å². The van der Waals surface area contributed by atoms with Crippen LogP contribution in [0.25, 0.3) is 67.3 Å². The molecule has 0 N–H and O–H groups in total. The number of nitrogens with zero attached hydrogens (tertiary/aromatic N) is 2. The van der Waals surface area contributed by atoms with Gasteiger partial charge >= 0.3 is 0 Å². The van der Waals surface area contributed by atoms with Crippen molar-refractivity contribution >= 4 is 11.8 Å². The smallest absolute Gasteiger partial charge is 0.160 e. The Bertz CT molecular complexity index is 2890. The lowest BCUT2D eigenvalue weighted by molar-refractivity contribution is 0.722. The quantitative estimate of drug-likeness (QED) is 0.176. The van der Waals surface area contributed by atoms with Crippen molar-refractivity contribution in [2.45, 2.75) is 15.2 Å². The van der Waals surface area contributed by atoms with Gasteiger partial charge < -0.3 is 0 Å². The highest BCUT2D eigenvalue weighted by atomic mass is 32.2. The SMILES string of the molecule is c1ccc(-c2cccc(-c3cc(-c4ccc(-c5ccc6c(c5)Sc5ccccc5C65c6ccccc6-c6ccccc65)cc4)nc(-c4ccccc4)n3)c2)cc1. The van der Waals surface area contributed by atoms with Crippen LogP contribution in [-0.2, 0) is 5.41 Å². The lowest BCUT2D eigenvalue weighted by Crippen LogP contribution is -2.31. The second-order valence-corrected chi connectivity index (χ2v) is 15.6. The second kappa shape index (κ2) is 13.2. The second-order valence-electron chi connectivity index (χ2n) is 14.5. The van der Waals surface area contributed by atoms with Crippen LogP contribution in [0.4, 0.5) is 0 Å². The molecule has 262 valence electrons. The van der Waals surface area contributed by atoms with Gasteiger partial charge in [-0.25, -0.2) is 9.97 Å². The Hall–Kier alpha value is -6.81. The molecule has 0 saturated heterocycles.